The fourth-order valence-electron chi connectivity index (χ4n) is 3.06. The van der Waals surface area contributed by atoms with E-state index in [1.807, 2.05) is 43.3 Å². The van der Waals surface area contributed by atoms with Crippen LogP contribution in [0, 0.1) is 0 Å². The number of hydrogen-bond donors (Lipinski definition) is 0. The summed E-state index contributed by atoms with van der Waals surface area (Å²) in [6, 6.07) is 13.2. The Morgan fingerprint density at radius 1 is 1.17 bits per heavy atom. The van der Waals surface area contributed by atoms with Gasteiger partial charge in [-0.05, 0) is 25.0 Å². The maximum Gasteiger partial charge on any atom is 0.272 e. The van der Waals surface area contributed by atoms with E-state index >= 15 is 0 Å². The van der Waals surface area contributed by atoms with E-state index in [0.29, 0.717) is 18.7 Å². The number of carbonyl (C=O) groups excluding carboxylic acids is 1. The van der Waals surface area contributed by atoms with Crippen LogP contribution in [0.2, 0.25) is 0 Å². The van der Waals surface area contributed by atoms with Crippen LogP contribution in [0.1, 0.15) is 23.8 Å². The normalized spacial score (nSPS) is 19.1. The molecule has 0 aliphatic carbocycles. The fourth-order valence-corrected chi connectivity index (χ4v) is 4.79. The standard InChI is InChI=1S/C18H20N2O3S/c1-2-20(16-10-11-24(22,23)13-16)18(21)17-9-8-15(12-19-17)14-6-4-3-5-7-14/h3-9,12,16H,2,10-11,13H2,1H3. The predicted molar refractivity (Wildman–Crippen MR) is 93.4 cm³/mol. The molecular weight excluding hydrogens is 324 g/mol. The number of hydrogen-bond acceptors (Lipinski definition) is 4. The molecule has 1 unspecified atom stereocenters. The topological polar surface area (TPSA) is 67.3 Å². The van der Waals surface area contributed by atoms with E-state index in [-0.39, 0.29) is 23.5 Å². The lowest BCUT2D eigenvalue weighted by atomic mass is 10.1. The molecule has 2 aromatic rings. The Kier molecular flexibility index (Phi) is 4.66. The van der Waals surface area contributed by atoms with Crippen LogP contribution in [0.15, 0.2) is 48.7 Å². The SMILES string of the molecule is CCN(C(=O)c1ccc(-c2ccccc2)cn1)C1CCS(=O)(=O)C1. The number of sulfone groups is 1. The number of nitrogens with zero attached hydrogens (tertiary/aromatic N) is 2. The van der Waals surface area contributed by atoms with Crippen LogP contribution >= 0.6 is 0 Å². The van der Waals surface area contributed by atoms with E-state index in [1.54, 1.807) is 17.2 Å². The Morgan fingerprint density at radius 3 is 2.46 bits per heavy atom. The van der Waals surface area contributed by atoms with Gasteiger partial charge in [-0.2, -0.15) is 0 Å². The van der Waals surface area contributed by atoms with E-state index in [2.05, 4.69) is 4.98 Å². The number of amides is 1. The second kappa shape index (κ2) is 6.73. The maximum absolute atomic E-state index is 12.7. The van der Waals surface area contributed by atoms with Crippen molar-refractivity contribution < 1.29 is 13.2 Å². The highest BCUT2D eigenvalue weighted by molar-refractivity contribution is 7.91. The minimum atomic E-state index is -3.02. The van der Waals surface area contributed by atoms with E-state index in [1.165, 1.54) is 0 Å². The third kappa shape index (κ3) is 3.48. The monoisotopic (exact) mass is 344 g/mol. The van der Waals surface area contributed by atoms with Crippen LogP contribution in [-0.2, 0) is 9.84 Å². The summed E-state index contributed by atoms with van der Waals surface area (Å²) in [7, 11) is -3.02. The van der Waals surface area contributed by atoms with E-state index in [9.17, 15) is 13.2 Å². The Labute approximate surface area is 142 Å². The molecule has 0 radical (unpaired) electrons. The van der Waals surface area contributed by atoms with Gasteiger partial charge in [-0.1, -0.05) is 36.4 Å². The zero-order chi connectivity index (χ0) is 17.2. The van der Waals surface area contributed by atoms with Crippen molar-refractivity contribution in [2.24, 2.45) is 0 Å². The molecule has 1 aliphatic heterocycles. The van der Waals surface area contributed by atoms with Gasteiger partial charge in [0.2, 0.25) is 0 Å². The summed E-state index contributed by atoms with van der Waals surface area (Å²) in [5, 5.41) is 0. The van der Waals surface area contributed by atoms with Crippen molar-refractivity contribution in [1.82, 2.24) is 9.88 Å². The molecule has 1 fully saturated rings. The first kappa shape index (κ1) is 16.6. The Balaban J connectivity index is 1.79. The summed E-state index contributed by atoms with van der Waals surface area (Å²) in [5.74, 6) is -0.00420. The van der Waals surface area contributed by atoms with Crippen LogP contribution in [0.5, 0.6) is 0 Å². The molecule has 24 heavy (non-hydrogen) atoms. The molecule has 0 N–H and O–H groups in total. The summed E-state index contributed by atoms with van der Waals surface area (Å²) < 4.78 is 23.3. The molecular formula is C18H20N2O3S. The van der Waals surface area contributed by atoms with Gasteiger partial charge in [0.1, 0.15) is 5.69 Å². The summed E-state index contributed by atoms with van der Waals surface area (Å²) in [5.41, 5.74) is 2.33. The minimum Gasteiger partial charge on any atom is -0.334 e. The first-order chi connectivity index (χ1) is 11.5. The first-order valence-corrected chi connectivity index (χ1v) is 9.85. The molecule has 0 spiro atoms. The third-order valence-electron chi connectivity index (χ3n) is 4.34. The molecule has 0 saturated carbocycles. The van der Waals surface area contributed by atoms with Gasteiger partial charge in [0.05, 0.1) is 11.5 Å². The van der Waals surface area contributed by atoms with Crippen molar-refractivity contribution in [1.29, 1.82) is 0 Å². The van der Waals surface area contributed by atoms with Crippen LogP contribution in [0.25, 0.3) is 11.1 Å². The third-order valence-corrected chi connectivity index (χ3v) is 6.09. The average Bonchev–Trinajstić information content (AvgIpc) is 2.96. The van der Waals surface area contributed by atoms with Crippen molar-refractivity contribution in [3.63, 3.8) is 0 Å². The molecule has 1 aliphatic rings. The number of rotatable bonds is 4. The van der Waals surface area contributed by atoms with E-state index in [4.69, 9.17) is 0 Å². The second-order valence-corrected chi connectivity index (χ2v) is 8.17. The minimum absolute atomic E-state index is 0.0503. The Bertz CT molecular complexity index is 817. The molecule has 2 heterocycles. The van der Waals surface area contributed by atoms with Gasteiger partial charge in [-0.3, -0.25) is 9.78 Å². The lowest BCUT2D eigenvalue weighted by Crippen LogP contribution is -2.41. The van der Waals surface area contributed by atoms with Crippen molar-refractivity contribution in [2.45, 2.75) is 19.4 Å². The van der Waals surface area contributed by atoms with Gasteiger partial charge in [0.25, 0.3) is 5.91 Å². The molecule has 1 aromatic heterocycles. The van der Waals surface area contributed by atoms with Crippen molar-refractivity contribution >= 4 is 15.7 Å². The Hall–Kier alpha value is -2.21. The van der Waals surface area contributed by atoms with E-state index < -0.39 is 9.84 Å². The van der Waals surface area contributed by atoms with Crippen LogP contribution < -0.4 is 0 Å². The highest BCUT2D eigenvalue weighted by Gasteiger charge is 2.34. The van der Waals surface area contributed by atoms with Crippen molar-refractivity contribution in [3.8, 4) is 11.1 Å². The van der Waals surface area contributed by atoms with Crippen molar-refractivity contribution in [3.05, 3.63) is 54.4 Å². The molecule has 0 bridgehead atoms. The summed E-state index contributed by atoms with van der Waals surface area (Å²) in [6.07, 6.45) is 2.19. The van der Waals surface area contributed by atoms with Gasteiger partial charge in [-0.15, -0.1) is 0 Å². The zero-order valence-electron chi connectivity index (χ0n) is 13.6. The molecule has 126 valence electrons. The molecule has 1 amide bonds. The molecule has 1 atom stereocenters. The average molecular weight is 344 g/mol. The van der Waals surface area contributed by atoms with Gasteiger partial charge in [0, 0.05) is 24.3 Å². The van der Waals surface area contributed by atoms with Crippen LogP contribution in [0.4, 0.5) is 0 Å². The number of pyridine rings is 1. The highest BCUT2D eigenvalue weighted by atomic mass is 32.2. The van der Waals surface area contributed by atoms with E-state index in [0.717, 1.165) is 11.1 Å². The number of carbonyl (C=O) groups is 1. The summed E-state index contributed by atoms with van der Waals surface area (Å²) in [4.78, 5) is 18.6. The predicted octanol–water partition coefficient (Wildman–Crippen LogP) is 2.40. The van der Waals surface area contributed by atoms with Crippen LogP contribution in [0.3, 0.4) is 0 Å². The first-order valence-electron chi connectivity index (χ1n) is 8.03. The van der Waals surface area contributed by atoms with Gasteiger partial charge < -0.3 is 4.90 Å². The maximum atomic E-state index is 12.7. The lowest BCUT2D eigenvalue weighted by Gasteiger charge is -2.26. The van der Waals surface area contributed by atoms with Gasteiger partial charge >= 0.3 is 0 Å². The molecule has 5 nitrogen and oxygen atoms in total. The Morgan fingerprint density at radius 2 is 1.92 bits per heavy atom. The van der Waals surface area contributed by atoms with Gasteiger partial charge in [-0.25, -0.2) is 8.42 Å². The number of benzene rings is 1. The second-order valence-electron chi connectivity index (χ2n) is 5.95. The summed E-state index contributed by atoms with van der Waals surface area (Å²) >= 11 is 0. The molecule has 3 rings (SSSR count). The smallest absolute Gasteiger partial charge is 0.272 e. The molecule has 1 aromatic carbocycles. The van der Waals surface area contributed by atoms with Crippen LogP contribution in [-0.4, -0.2) is 48.3 Å². The van der Waals surface area contributed by atoms with Gasteiger partial charge in [0.15, 0.2) is 9.84 Å². The highest BCUT2D eigenvalue weighted by Crippen LogP contribution is 2.21. The summed E-state index contributed by atoms with van der Waals surface area (Å²) in [6.45, 7) is 2.34. The quantitative estimate of drug-likeness (QED) is 0.854. The molecule has 6 heteroatoms. The zero-order valence-corrected chi connectivity index (χ0v) is 14.4. The fraction of sp³-hybridized carbons (Fsp3) is 0.333. The lowest BCUT2D eigenvalue weighted by molar-refractivity contribution is 0.0702. The largest absolute Gasteiger partial charge is 0.334 e. The van der Waals surface area contributed by atoms with Crippen molar-refractivity contribution in [2.75, 3.05) is 18.1 Å². The number of aromatic nitrogens is 1. The molecule has 1 saturated heterocycles.